The van der Waals surface area contributed by atoms with Crippen LogP contribution < -0.4 is 0 Å². The molecule has 1 aliphatic carbocycles. The maximum atomic E-state index is 10.2. The zero-order chi connectivity index (χ0) is 19.3. The first-order chi connectivity index (χ1) is 12.1. The second kappa shape index (κ2) is 6.33. The lowest BCUT2D eigenvalue weighted by molar-refractivity contribution is 0.212. The summed E-state index contributed by atoms with van der Waals surface area (Å²) in [5.74, 6) is 0.835. The molecule has 26 heavy (non-hydrogen) atoms. The molecule has 0 bridgehead atoms. The highest BCUT2D eigenvalue weighted by molar-refractivity contribution is 5.47. The second-order valence-corrected chi connectivity index (χ2v) is 9.07. The Bertz CT molecular complexity index is 736. The van der Waals surface area contributed by atoms with Crippen LogP contribution in [-0.4, -0.2) is 10.2 Å². The molecular weight excluding hydrogens is 320 g/mol. The van der Waals surface area contributed by atoms with Gasteiger partial charge < -0.3 is 10.2 Å². The Hall–Kier alpha value is -1.96. The number of phenolic OH excluding ortho intramolecular Hbond substituents is 2. The van der Waals surface area contributed by atoms with Gasteiger partial charge in [-0.1, -0.05) is 44.5 Å². The van der Waals surface area contributed by atoms with Crippen LogP contribution in [0.5, 0.6) is 11.5 Å². The molecule has 1 saturated carbocycles. The highest BCUT2D eigenvalue weighted by Crippen LogP contribution is 2.50. The monoisotopic (exact) mass is 352 g/mol. The van der Waals surface area contributed by atoms with Crippen LogP contribution in [-0.2, 0) is 10.8 Å². The van der Waals surface area contributed by atoms with E-state index in [1.807, 2.05) is 27.7 Å². The summed E-state index contributed by atoms with van der Waals surface area (Å²) in [6, 6.07) is 8.67. The number of aryl methyl sites for hydroxylation is 4. The molecule has 0 aromatic heterocycles. The number of phenols is 2. The van der Waals surface area contributed by atoms with Crippen molar-refractivity contribution >= 4 is 0 Å². The maximum Gasteiger partial charge on any atom is 0.121 e. The summed E-state index contributed by atoms with van der Waals surface area (Å²) < 4.78 is 0. The van der Waals surface area contributed by atoms with E-state index in [1.165, 1.54) is 30.4 Å². The van der Waals surface area contributed by atoms with Gasteiger partial charge in [0.15, 0.2) is 0 Å². The number of hydrogen-bond donors (Lipinski definition) is 2. The number of aromatic hydroxyl groups is 2. The highest BCUT2D eigenvalue weighted by Gasteiger charge is 2.41. The molecule has 0 amide bonds. The van der Waals surface area contributed by atoms with Crippen molar-refractivity contribution < 1.29 is 10.2 Å². The quantitative estimate of drug-likeness (QED) is 0.683. The molecule has 2 aromatic rings. The molecule has 2 N–H and O–H groups in total. The van der Waals surface area contributed by atoms with E-state index < -0.39 is 0 Å². The minimum Gasteiger partial charge on any atom is -0.507 e. The molecule has 2 heteroatoms. The van der Waals surface area contributed by atoms with Gasteiger partial charge in [0.05, 0.1) is 0 Å². The minimum atomic E-state index is 0.0932. The van der Waals surface area contributed by atoms with Gasteiger partial charge in [-0.15, -0.1) is 0 Å². The summed E-state index contributed by atoms with van der Waals surface area (Å²) in [7, 11) is 0. The molecule has 0 spiro atoms. The Labute approximate surface area is 157 Å². The number of hydrogen-bond acceptors (Lipinski definition) is 2. The van der Waals surface area contributed by atoms with Crippen molar-refractivity contribution in [3.8, 4) is 11.5 Å². The van der Waals surface area contributed by atoms with Crippen molar-refractivity contribution in [2.45, 2.75) is 78.1 Å². The van der Waals surface area contributed by atoms with Gasteiger partial charge in [-0.05, 0) is 91.2 Å². The summed E-state index contributed by atoms with van der Waals surface area (Å²) in [4.78, 5) is 0. The van der Waals surface area contributed by atoms with Gasteiger partial charge in [-0.2, -0.15) is 0 Å². The topological polar surface area (TPSA) is 40.5 Å². The lowest BCUT2D eigenvalue weighted by Crippen LogP contribution is -2.38. The van der Waals surface area contributed by atoms with E-state index in [9.17, 15) is 10.2 Å². The molecular formula is C24H32O2. The molecule has 3 rings (SSSR count). The summed E-state index contributed by atoms with van der Waals surface area (Å²) >= 11 is 0. The smallest absolute Gasteiger partial charge is 0.121 e. The van der Waals surface area contributed by atoms with Gasteiger partial charge in [0.25, 0.3) is 0 Å². The molecule has 2 aromatic carbocycles. The van der Waals surface area contributed by atoms with Crippen LogP contribution in [0.1, 0.15) is 72.9 Å². The van der Waals surface area contributed by atoms with Crippen LogP contribution in [0.15, 0.2) is 24.3 Å². The summed E-state index contributed by atoms with van der Waals surface area (Å²) in [6.45, 7) is 12.7. The first kappa shape index (κ1) is 18.8. The average molecular weight is 353 g/mol. The summed E-state index contributed by atoms with van der Waals surface area (Å²) in [5.41, 5.74) is 6.71. The van der Waals surface area contributed by atoms with Crippen LogP contribution >= 0.6 is 0 Å². The normalized spacial score (nSPS) is 26.1. The molecule has 2 nitrogen and oxygen atoms in total. The van der Waals surface area contributed by atoms with Crippen LogP contribution in [0.3, 0.4) is 0 Å². The number of rotatable bonds is 2. The fourth-order valence-corrected chi connectivity index (χ4v) is 5.01. The first-order valence-corrected chi connectivity index (χ1v) is 9.67. The Morgan fingerprint density at radius 1 is 0.654 bits per heavy atom. The zero-order valence-corrected chi connectivity index (χ0v) is 17.0. The molecule has 1 fully saturated rings. The largest absolute Gasteiger partial charge is 0.507 e. The fourth-order valence-electron chi connectivity index (χ4n) is 5.01. The fraction of sp³-hybridized carbons (Fsp3) is 0.500. The summed E-state index contributed by atoms with van der Waals surface area (Å²) in [6.07, 6.45) is 4.60. The van der Waals surface area contributed by atoms with Crippen LogP contribution in [0.4, 0.5) is 0 Å². The van der Waals surface area contributed by atoms with E-state index in [2.05, 4.69) is 38.1 Å². The molecule has 0 heterocycles. The van der Waals surface area contributed by atoms with Crippen LogP contribution in [0.25, 0.3) is 0 Å². The second-order valence-electron chi connectivity index (χ2n) is 9.07. The SMILES string of the molecule is Cc1cc(C2(C)CCCC(C)(c3cc(C)c(O)c(C)c3)C2)cc(C)c1O. The van der Waals surface area contributed by atoms with Gasteiger partial charge in [0, 0.05) is 0 Å². The van der Waals surface area contributed by atoms with E-state index >= 15 is 0 Å². The maximum absolute atomic E-state index is 10.2. The summed E-state index contributed by atoms with van der Waals surface area (Å²) in [5, 5.41) is 20.3. The van der Waals surface area contributed by atoms with Crippen molar-refractivity contribution in [2.75, 3.05) is 0 Å². The Morgan fingerprint density at radius 3 is 1.27 bits per heavy atom. The zero-order valence-electron chi connectivity index (χ0n) is 17.0. The Kier molecular flexibility index (Phi) is 4.58. The first-order valence-electron chi connectivity index (χ1n) is 9.67. The van der Waals surface area contributed by atoms with Crippen LogP contribution in [0, 0.1) is 27.7 Å². The van der Waals surface area contributed by atoms with Crippen molar-refractivity contribution in [2.24, 2.45) is 0 Å². The predicted molar refractivity (Wildman–Crippen MR) is 108 cm³/mol. The molecule has 0 radical (unpaired) electrons. The molecule has 1 aliphatic rings. The standard InChI is InChI=1S/C24H32O2/c1-15-10-19(11-16(2)21(15)25)23(5)8-7-9-24(6,14-23)20-12-17(3)22(26)18(4)13-20/h10-13,25-26H,7-9,14H2,1-6H3. The predicted octanol–water partition coefficient (Wildman–Crippen LogP) is 6.12. The molecule has 2 unspecified atom stereocenters. The minimum absolute atomic E-state index is 0.0932. The Morgan fingerprint density at radius 2 is 0.962 bits per heavy atom. The number of benzene rings is 2. The molecule has 0 aliphatic heterocycles. The average Bonchev–Trinajstić information content (AvgIpc) is 2.56. The highest BCUT2D eigenvalue weighted by atomic mass is 16.3. The van der Waals surface area contributed by atoms with Gasteiger partial charge >= 0.3 is 0 Å². The van der Waals surface area contributed by atoms with E-state index in [0.29, 0.717) is 11.5 Å². The van der Waals surface area contributed by atoms with Gasteiger partial charge in [0.1, 0.15) is 11.5 Å². The molecule has 140 valence electrons. The molecule has 2 atom stereocenters. The lowest BCUT2D eigenvalue weighted by atomic mass is 9.58. The van der Waals surface area contributed by atoms with Crippen molar-refractivity contribution in [3.05, 3.63) is 57.6 Å². The van der Waals surface area contributed by atoms with Crippen molar-refractivity contribution in [1.82, 2.24) is 0 Å². The third kappa shape index (κ3) is 3.11. The van der Waals surface area contributed by atoms with Crippen molar-refractivity contribution in [3.63, 3.8) is 0 Å². The van der Waals surface area contributed by atoms with Gasteiger partial charge in [0.2, 0.25) is 0 Å². The third-order valence-corrected chi connectivity index (χ3v) is 6.61. The molecule has 0 saturated heterocycles. The van der Waals surface area contributed by atoms with E-state index in [-0.39, 0.29) is 10.8 Å². The van der Waals surface area contributed by atoms with Gasteiger partial charge in [-0.25, -0.2) is 0 Å². The van der Waals surface area contributed by atoms with Gasteiger partial charge in [-0.3, -0.25) is 0 Å². The lowest BCUT2D eigenvalue weighted by Gasteiger charge is -2.46. The van der Waals surface area contributed by atoms with E-state index in [4.69, 9.17) is 0 Å². The van der Waals surface area contributed by atoms with E-state index in [0.717, 1.165) is 28.7 Å². The third-order valence-electron chi connectivity index (χ3n) is 6.61. The van der Waals surface area contributed by atoms with E-state index in [1.54, 1.807) is 0 Å². The Balaban J connectivity index is 2.03. The van der Waals surface area contributed by atoms with Crippen LogP contribution in [0.2, 0.25) is 0 Å². The van der Waals surface area contributed by atoms with Crippen molar-refractivity contribution in [1.29, 1.82) is 0 Å².